The Bertz CT molecular complexity index is 1780. The van der Waals surface area contributed by atoms with Gasteiger partial charge in [-0.2, -0.15) is 0 Å². The molecule has 0 aliphatic heterocycles. The summed E-state index contributed by atoms with van der Waals surface area (Å²) < 4.78 is 35.0. The molecule has 0 bridgehead atoms. The van der Waals surface area contributed by atoms with Gasteiger partial charge >= 0.3 is 0 Å². The number of methoxy groups -OCH3 is 1. The van der Waals surface area contributed by atoms with Crippen molar-refractivity contribution < 1.29 is 27.7 Å². The molecule has 0 spiro atoms. The standard InChI is InChI=1S/C33H37Cl3N4O7S/c1-4-28(33(42)37-24-8-6-5-7-9-24)38(19-22-11-14-26(35)27(36)16-22)32(41)20-39(30-17-23(34)12-15-31(30)47-3)48(45,46)25-13-10-21(2)29(18-25)40(43)44/h10-18,24,28H,4-9,19-20H2,1-3H3,(H,37,42). The number of carbonyl (C=O) groups is 2. The second-order valence-electron chi connectivity index (χ2n) is 11.6. The van der Waals surface area contributed by atoms with Gasteiger partial charge in [0.2, 0.25) is 11.8 Å². The third-order valence-corrected chi connectivity index (χ3v) is 11.1. The lowest BCUT2D eigenvalue weighted by Gasteiger charge is -2.34. The number of nitro groups is 1. The normalized spacial score (nSPS) is 14.2. The van der Waals surface area contributed by atoms with Gasteiger partial charge in [0, 0.05) is 29.2 Å². The molecule has 1 aliphatic rings. The third-order valence-electron chi connectivity index (χ3n) is 8.33. The van der Waals surface area contributed by atoms with Gasteiger partial charge in [-0.25, -0.2) is 8.42 Å². The SMILES string of the molecule is CCC(C(=O)NC1CCCCC1)N(Cc1ccc(Cl)c(Cl)c1)C(=O)CN(c1cc(Cl)ccc1OC)S(=O)(=O)c1ccc(C)c([N+](=O)[O-])c1. The number of nitrogens with zero attached hydrogens (tertiary/aromatic N) is 3. The highest BCUT2D eigenvalue weighted by atomic mass is 35.5. The summed E-state index contributed by atoms with van der Waals surface area (Å²) in [5.41, 5.74) is 0.331. The Kier molecular flexibility index (Phi) is 12.6. The molecule has 1 fully saturated rings. The molecule has 0 aromatic heterocycles. The molecular formula is C33H37Cl3N4O7S. The number of anilines is 1. The minimum atomic E-state index is -4.66. The van der Waals surface area contributed by atoms with E-state index in [1.165, 1.54) is 49.3 Å². The van der Waals surface area contributed by atoms with E-state index in [0.29, 0.717) is 10.6 Å². The average molecular weight is 740 g/mol. The lowest BCUT2D eigenvalue weighted by atomic mass is 9.95. The zero-order valence-electron chi connectivity index (χ0n) is 26.7. The first kappa shape index (κ1) is 37.2. The van der Waals surface area contributed by atoms with Gasteiger partial charge in [-0.3, -0.25) is 24.0 Å². The fourth-order valence-corrected chi connectivity index (χ4v) is 7.67. The fourth-order valence-electron chi connectivity index (χ4n) is 5.74. The molecule has 258 valence electrons. The molecule has 1 unspecified atom stereocenters. The van der Waals surface area contributed by atoms with E-state index in [1.54, 1.807) is 25.1 Å². The van der Waals surface area contributed by atoms with Crippen LogP contribution in [0.5, 0.6) is 5.75 Å². The van der Waals surface area contributed by atoms with E-state index >= 15 is 0 Å². The first-order valence-electron chi connectivity index (χ1n) is 15.4. The van der Waals surface area contributed by atoms with Crippen LogP contribution in [0.15, 0.2) is 59.5 Å². The van der Waals surface area contributed by atoms with Crippen molar-refractivity contribution in [3.05, 3.63) is 90.9 Å². The van der Waals surface area contributed by atoms with Gasteiger partial charge in [0.05, 0.1) is 32.7 Å². The molecule has 3 aromatic carbocycles. The van der Waals surface area contributed by atoms with Crippen LogP contribution < -0.4 is 14.4 Å². The third kappa shape index (κ3) is 8.71. The van der Waals surface area contributed by atoms with E-state index in [-0.39, 0.29) is 52.0 Å². The molecule has 4 rings (SSSR count). The largest absolute Gasteiger partial charge is 0.495 e. The quantitative estimate of drug-likeness (QED) is 0.143. The Morgan fingerprint density at radius 1 is 1.02 bits per heavy atom. The van der Waals surface area contributed by atoms with Crippen LogP contribution in [-0.4, -0.2) is 55.8 Å². The van der Waals surface area contributed by atoms with Gasteiger partial charge in [0.25, 0.3) is 15.7 Å². The second-order valence-corrected chi connectivity index (χ2v) is 14.7. The first-order valence-corrected chi connectivity index (χ1v) is 18.0. The lowest BCUT2D eigenvalue weighted by molar-refractivity contribution is -0.385. The number of nitrogens with one attached hydrogen (secondary N) is 1. The van der Waals surface area contributed by atoms with E-state index in [2.05, 4.69) is 5.32 Å². The topological polar surface area (TPSA) is 139 Å². The Morgan fingerprint density at radius 2 is 1.73 bits per heavy atom. The molecule has 0 saturated heterocycles. The molecule has 1 atom stereocenters. The number of aryl methyl sites for hydroxylation is 1. The number of hydrogen-bond donors (Lipinski definition) is 1. The molecule has 11 nitrogen and oxygen atoms in total. The van der Waals surface area contributed by atoms with Crippen molar-refractivity contribution in [1.82, 2.24) is 10.2 Å². The minimum absolute atomic E-state index is 0.0350. The number of rotatable bonds is 13. The number of sulfonamides is 1. The zero-order chi connectivity index (χ0) is 35.2. The van der Waals surface area contributed by atoms with Crippen molar-refractivity contribution in [2.75, 3.05) is 18.0 Å². The van der Waals surface area contributed by atoms with Crippen LogP contribution in [0.2, 0.25) is 15.1 Å². The molecule has 15 heteroatoms. The van der Waals surface area contributed by atoms with Gasteiger partial charge in [0.1, 0.15) is 18.3 Å². The number of ether oxygens (including phenoxy) is 1. The maximum absolute atomic E-state index is 14.5. The van der Waals surface area contributed by atoms with Crippen LogP contribution in [0.1, 0.15) is 56.6 Å². The van der Waals surface area contributed by atoms with E-state index in [1.807, 2.05) is 0 Å². The predicted octanol–water partition coefficient (Wildman–Crippen LogP) is 7.32. The summed E-state index contributed by atoms with van der Waals surface area (Å²) >= 11 is 18.7. The van der Waals surface area contributed by atoms with E-state index in [0.717, 1.165) is 42.5 Å². The summed E-state index contributed by atoms with van der Waals surface area (Å²) in [4.78, 5) is 40.2. The second kappa shape index (κ2) is 16.2. The zero-order valence-corrected chi connectivity index (χ0v) is 29.8. The van der Waals surface area contributed by atoms with Crippen LogP contribution in [0.3, 0.4) is 0 Å². The van der Waals surface area contributed by atoms with Gasteiger partial charge in [-0.1, -0.05) is 73.1 Å². The van der Waals surface area contributed by atoms with Crippen LogP contribution in [0.4, 0.5) is 11.4 Å². The minimum Gasteiger partial charge on any atom is -0.495 e. The van der Waals surface area contributed by atoms with E-state index in [9.17, 15) is 28.1 Å². The average Bonchev–Trinajstić information content (AvgIpc) is 3.05. The van der Waals surface area contributed by atoms with Crippen LogP contribution in [-0.2, 0) is 26.2 Å². The molecule has 48 heavy (non-hydrogen) atoms. The molecule has 1 saturated carbocycles. The van der Waals surface area contributed by atoms with E-state index < -0.39 is 44.0 Å². The van der Waals surface area contributed by atoms with Crippen molar-refractivity contribution >= 4 is 68.0 Å². The number of nitro benzene ring substituents is 1. The molecule has 0 radical (unpaired) electrons. The van der Waals surface area contributed by atoms with Crippen molar-refractivity contribution in [3.63, 3.8) is 0 Å². The fraction of sp³-hybridized carbons (Fsp3) is 0.394. The smallest absolute Gasteiger partial charge is 0.273 e. The first-order chi connectivity index (χ1) is 22.8. The number of hydrogen-bond acceptors (Lipinski definition) is 7. The van der Waals surface area contributed by atoms with Crippen LogP contribution >= 0.6 is 34.8 Å². The van der Waals surface area contributed by atoms with Gasteiger partial charge in [0.15, 0.2) is 0 Å². The Balaban J connectivity index is 1.81. The monoisotopic (exact) mass is 738 g/mol. The number of halogens is 3. The molecule has 2 amide bonds. The summed E-state index contributed by atoms with van der Waals surface area (Å²) in [5.74, 6) is -1.00. The van der Waals surface area contributed by atoms with Crippen molar-refractivity contribution in [1.29, 1.82) is 0 Å². The predicted molar refractivity (Wildman–Crippen MR) is 186 cm³/mol. The highest BCUT2D eigenvalue weighted by Gasteiger charge is 2.36. The molecule has 1 aliphatic carbocycles. The lowest BCUT2D eigenvalue weighted by Crippen LogP contribution is -2.54. The molecule has 1 N–H and O–H groups in total. The molecule has 3 aromatic rings. The van der Waals surface area contributed by atoms with Crippen LogP contribution in [0.25, 0.3) is 0 Å². The Morgan fingerprint density at radius 3 is 2.35 bits per heavy atom. The van der Waals surface area contributed by atoms with Crippen molar-refractivity contribution in [2.45, 2.75) is 75.9 Å². The Labute approximate surface area is 295 Å². The Hall–Kier alpha value is -3.58. The summed E-state index contributed by atoms with van der Waals surface area (Å²) in [5, 5.41) is 15.5. The van der Waals surface area contributed by atoms with Crippen LogP contribution in [0, 0.1) is 17.0 Å². The maximum atomic E-state index is 14.5. The van der Waals surface area contributed by atoms with Gasteiger partial charge < -0.3 is 15.0 Å². The van der Waals surface area contributed by atoms with Gasteiger partial charge in [-0.15, -0.1) is 0 Å². The van der Waals surface area contributed by atoms with Crippen molar-refractivity contribution in [3.8, 4) is 5.75 Å². The summed E-state index contributed by atoms with van der Waals surface area (Å²) in [7, 11) is -3.33. The molecular weight excluding hydrogens is 703 g/mol. The molecule has 0 heterocycles. The summed E-state index contributed by atoms with van der Waals surface area (Å²) in [6, 6.07) is 11.6. The summed E-state index contributed by atoms with van der Waals surface area (Å²) in [6.07, 6.45) is 4.94. The maximum Gasteiger partial charge on any atom is 0.273 e. The number of carbonyl (C=O) groups excluding carboxylic acids is 2. The van der Waals surface area contributed by atoms with Crippen molar-refractivity contribution in [2.24, 2.45) is 0 Å². The number of benzene rings is 3. The number of amides is 2. The highest BCUT2D eigenvalue weighted by molar-refractivity contribution is 7.92. The van der Waals surface area contributed by atoms with Gasteiger partial charge in [-0.05, 0) is 68.1 Å². The van der Waals surface area contributed by atoms with E-state index in [4.69, 9.17) is 39.5 Å². The summed E-state index contributed by atoms with van der Waals surface area (Å²) in [6.45, 7) is 2.36. The highest BCUT2D eigenvalue weighted by Crippen LogP contribution is 2.36.